The van der Waals surface area contributed by atoms with Crippen molar-refractivity contribution in [1.29, 1.82) is 0 Å². The predicted octanol–water partition coefficient (Wildman–Crippen LogP) is 1.50. The molecule has 0 atom stereocenters. The zero-order valence-corrected chi connectivity index (χ0v) is 6.95. The molecule has 2 heterocycles. The van der Waals surface area contributed by atoms with Crippen LogP contribution in [0.3, 0.4) is 0 Å². The Bertz CT molecular complexity index is 349. The van der Waals surface area contributed by atoms with Crippen LogP contribution < -0.4 is 0 Å². The SMILES string of the molecule is CC(=O)c1cc2n(n1)CCC=C2. The molecule has 62 valence electrons. The van der Waals surface area contributed by atoms with E-state index in [4.69, 9.17) is 0 Å². The molecule has 3 heteroatoms. The van der Waals surface area contributed by atoms with E-state index in [9.17, 15) is 4.79 Å². The Kier molecular flexibility index (Phi) is 1.57. The normalized spacial score (nSPS) is 14.4. The van der Waals surface area contributed by atoms with Gasteiger partial charge in [-0.15, -0.1) is 0 Å². The van der Waals surface area contributed by atoms with Gasteiger partial charge in [-0.05, 0) is 18.6 Å². The molecule has 0 saturated heterocycles. The van der Waals surface area contributed by atoms with E-state index in [1.807, 2.05) is 16.8 Å². The molecule has 12 heavy (non-hydrogen) atoms. The molecule has 0 amide bonds. The van der Waals surface area contributed by atoms with Crippen LogP contribution >= 0.6 is 0 Å². The highest BCUT2D eigenvalue weighted by atomic mass is 16.1. The van der Waals surface area contributed by atoms with Gasteiger partial charge in [0, 0.05) is 13.5 Å². The summed E-state index contributed by atoms with van der Waals surface area (Å²) in [6.45, 7) is 2.43. The summed E-state index contributed by atoms with van der Waals surface area (Å²) in [4.78, 5) is 11.0. The van der Waals surface area contributed by atoms with E-state index in [-0.39, 0.29) is 5.78 Å². The molecule has 0 saturated carbocycles. The van der Waals surface area contributed by atoms with Crippen LogP contribution in [0.2, 0.25) is 0 Å². The Morgan fingerprint density at radius 1 is 1.67 bits per heavy atom. The lowest BCUT2D eigenvalue weighted by atomic mass is 10.2. The van der Waals surface area contributed by atoms with Crippen LogP contribution in [-0.2, 0) is 6.54 Å². The number of fused-ring (bicyclic) bond motifs is 1. The second-order valence-electron chi connectivity index (χ2n) is 2.92. The van der Waals surface area contributed by atoms with E-state index in [0.717, 1.165) is 18.7 Å². The van der Waals surface area contributed by atoms with E-state index in [1.54, 1.807) is 0 Å². The van der Waals surface area contributed by atoms with Gasteiger partial charge in [-0.3, -0.25) is 9.48 Å². The molecule has 1 aromatic rings. The minimum absolute atomic E-state index is 0.0327. The van der Waals surface area contributed by atoms with Gasteiger partial charge in [-0.25, -0.2) is 0 Å². The highest BCUT2D eigenvalue weighted by Gasteiger charge is 2.10. The standard InChI is InChI=1S/C9H10N2O/c1-7(12)9-6-8-4-2-3-5-11(8)10-9/h2,4,6H,3,5H2,1H3. The Labute approximate surface area is 70.7 Å². The molecule has 2 rings (SSSR count). The van der Waals surface area contributed by atoms with Gasteiger partial charge in [-0.1, -0.05) is 6.08 Å². The smallest absolute Gasteiger partial charge is 0.180 e. The fourth-order valence-electron chi connectivity index (χ4n) is 1.32. The first-order chi connectivity index (χ1) is 5.77. The van der Waals surface area contributed by atoms with Crippen LogP contribution in [0.4, 0.5) is 0 Å². The Morgan fingerprint density at radius 3 is 3.17 bits per heavy atom. The fourth-order valence-corrected chi connectivity index (χ4v) is 1.32. The van der Waals surface area contributed by atoms with Crippen molar-refractivity contribution in [3.63, 3.8) is 0 Å². The number of nitrogens with zero attached hydrogens (tertiary/aromatic N) is 2. The third-order valence-electron chi connectivity index (χ3n) is 1.97. The Balaban J connectivity index is 2.46. The van der Waals surface area contributed by atoms with Gasteiger partial charge < -0.3 is 0 Å². The van der Waals surface area contributed by atoms with Crippen LogP contribution in [-0.4, -0.2) is 15.6 Å². The minimum atomic E-state index is 0.0327. The maximum absolute atomic E-state index is 11.0. The average Bonchev–Trinajstić information content (AvgIpc) is 2.46. The average molecular weight is 162 g/mol. The summed E-state index contributed by atoms with van der Waals surface area (Å²) in [6, 6.07) is 1.83. The summed E-state index contributed by atoms with van der Waals surface area (Å²) in [5.74, 6) is 0.0327. The lowest BCUT2D eigenvalue weighted by Gasteiger charge is -2.05. The maximum atomic E-state index is 11.0. The molecule has 0 spiro atoms. The lowest BCUT2D eigenvalue weighted by molar-refractivity contribution is 0.101. The molecular weight excluding hydrogens is 152 g/mol. The summed E-state index contributed by atoms with van der Waals surface area (Å²) in [5.41, 5.74) is 1.60. The topological polar surface area (TPSA) is 34.9 Å². The zero-order valence-electron chi connectivity index (χ0n) is 6.95. The fraction of sp³-hybridized carbons (Fsp3) is 0.333. The lowest BCUT2D eigenvalue weighted by Crippen LogP contribution is -2.05. The van der Waals surface area contributed by atoms with E-state index in [1.165, 1.54) is 6.92 Å². The summed E-state index contributed by atoms with van der Waals surface area (Å²) in [6.07, 6.45) is 5.11. The zero-order chi connectivity index (χ0) is 8.55. The van der Waals surface area contributed by atoms with Crippen molar-refractivity contribution in [2.45, 2.75) is 19.9 Å². The molecule has 0 fully saturated rings. The minimum Gasteiger partial charge on any atom is -0.293 e. The number of aryl methyl sites for hydroxylation is 1. The largest absolute Gasteiger partial charge is 0.293 e. The van der Waals surface area contributed by atoms with Crippen molar-refractivity contribution in [3.05, 3.63) is 23.5 Å². The van der Waals surface area contributed by atoms with Crippen LogP contribution in [0.15, 0.2) is 12.1 Å². The summed E-state index contributed by atoms with van der Waals surface area (Å²) in [5, 5.41) is 4.17. The van der Waals surface area contributed by atoms with Crippen LogP contribution in [0.1, 0.15) is 29.5 Å². The number of carbonyl (C=O) groups is 1. The Morgan fingerprint density at radius 2 is 2.50 bits per heavy atom. The molecule has 0 N–H and O–H groups in total. The molecule has 1 aliphatic heterocycles. The molecule has 3 nitrogen and oxygen atoms in total. The molecule has 0 radical (unpaired) electrons. The number of ketones is 1. The molecule has 0 aromatic carbocycles. The first-order valence-electron chi connectivity index (χ1n) is 4.03. The van der Waals surface area contributed by atoms with Gasteiger partial charge in [0.15, 0.2) is 5.78 Å². The van der Waals surface area contributed by atoms with Crippen molar-refractivity contribution in [2.24, 2.45) is 0 Å². The number of hydrogen-bond donors (Lipinski definition) is 0. The number of Topliss-reactive ketones (excluding diaryl/α,β-unsaturated/α-hetero) is 1. The van der Waals surface area contributed by atoms with Crippen LogP contribution in [0.5, 0.6) is 0 Å². The molecule has 1 aliphatic rings. The van der Waals surface area contributed by atoms with Gasteiger partial charge in [-0.2, -0.15) is 5.10 Å². The first kappa shape index (κ1) is 7.28. The molecule has 0 unspecified atom stereocenters. The van der Waals surface area contributed by atoms with Crippen LogP contribution in [0.25, 0.3) is 6.08 Å². The van der Waals surface area contributed by atoms with E-state index < -0.39 is 0 Å². The van der Waals surface area contributed by atoms with Crippen LogP contribution in [0, 0.1) is 0 Å². The number of aromatic nitrogens is 2. The molecular formula is C9H10N2O. The molecule has 0 aliphatic carbocycles. The maximum Gasteiger partial charge on any atom is 0.180 e. The molecule has 0 bridgehead atoms. The Hall–Kier alpha value is -1.38. The predicted molar refractivity (Wildman–Crippen MR) is 45.9 cm³/mol. The molecule has 1 aromatic heterocycles. The summed E-state index contributed by atoms with van der Waals surface area (Å²) in [7, 11) is 0. The third kappa shape index (κ3) is 1.07. The van der Waals surface area contributed by atoms with Crippen molar-refractivity contribution >= 4 is 11.9 Å². The van der Waals surface area contributed by atoms with Crippen molar-refractivity contribution in [3.8, 4) is 0 Å². The van der Waals surface area contributed by atoms with Crippen molar-refractivity contribution in [1.82, 2.24) is 9.78 Å². The number of allylic oxidation sites excluding steroid dienone is 1. The second kappa shape index (κ2) is 2.59. The van der Waals surface area contributed by atoms with Gasteiger partial charge in [0.05, 0.1) is 5.69 Å². The van der Waals surface area contributed by atoms with Crippen molar-refractivity contribution in [2.75, 3.05) is 0 Å². The van der Waals surface area contributed by atoms with Gasteiger partial charge in [0.25, 0.3) is 0 Å². The number of carbonyl (C=O) groups excluding carboxylic acids is 1. The number of hydrogen-bond acceptors (Lipinski definition) is 2. The highest BCUT2D eigenvalue weighted by Crippen LogP contribution is 2.12. The van der Waals surface area contributed by atoms with Gasteiger partial charge in [0.2, 0.25) is 0 Å². The van der Waals surface area contributed by atoms with Gasteiger partial charge in [0.1, 0.15) is 5.69 Å². The van der Waals surface area contributed by atoms with E-state index >= 15 is 0 Å². The summed E-state index contributed by atoms with van der Waals surface area (Å²) >= 11 is 0. The van der Waals surface area contributed by atoms with Crippen molar-refractivity contribution < 1.29 is 4.79 Å². The van der Waals surface area contributed by atoms with Gasteiger partial charge >= 0.3 is 0 Å². The monoisotopic (exact) mass is 162 g/mol. The van der Waals surface area contributed by atoms with E-state index in [2.05, 4.69) is 11.2 Å². The highest BCUT2D eigenvalue weighted by molar-refractivity contribution is 5.92. The first-order valence-corrected chi connectivity index (χ1v) is 4.03. The third-order valence-corrected chi connectivity index (χ3v) is 1.97. The second-order valence-corrected chi connectivity index (χ2v) is 2.92. The van der Waals surface area contributed by atoms with E-state index in [0.29, 0.717) is 5.69 Å². The number of rotatable bonds is 1. The quantitative estimate of drug-likeness (QED) is 0.586. The summed E-state index contributed by atoms with van der Waals surface area (Å²) < 4.78 is 1.87.